The number of hydrogen-bond donors (Lipinski definition) is 1. The summed E-state index contributed by atoms with van der Waals surface area (Å²) < 4.78 is 102. The van der Waals surface area contributed by atoms with Gasteiger partial charge in [0, 0.05) is 12.7 Å². The van der Waals surface area contributed by atoms with E-state index >= 15 is 0 Å². The first-order chi connectivity index (χ1) is 14.3. The van der Waals surface area contributed by atoms with Crippen LogP contribution in [0.1, 0.15) is 28.9 Å². The SMILES string of the molecule is O=C(NC[C@H]1C[C@@H](S(=O)(=O)c2cccc(C(F)(F)F)c2)C1)c1ccnn1CC(F)(F)F. The van der Waals surface area contributed by atoms with Crippen molar-refractivity contribution in [3.05, 3.63) is 47.8 Å². The standard InChI is InChI=1S/C18H17F6N3O3S/c19-17(20,21)10-27-15(4-5-26-27)16(28)25-9-11-6-14(7-11)31(29,30)13-3-1-2-12(8-13)18(22,23)24/h1-5,8,11,14H,6-7,9-10H2,(H,25,28)/t11-,14+. The van der Waals surface area contributed by atoms with Gasteiger partial charge in [0.15, 0.2) is 9.84 Å². The highest BCUT2D eigenvalue weighted by Gasteiger charge is 2.41. The van der Waals surface area contributed by atoms with Crippen molar-refractivity contribution in [2.75, 3.05) is 6.54 Å². The summed E-state index contributed by atoms with van der Waals surface area (Å²) in [5.74, 6) is -1.06. The minimum Gasteiger partial charge on any atom is -0.350 e. The first kappa shape index (κ1) is 23.1. The first-order valence-corrected chi connectivity index (χ1v) is 10.6. The highest BCUT2D eigenvalue weighted by Crippen LogP contribution is 2.37. The van der Waals surface area contributed by atoms with Crippen LogP contribution in [-0.4, -0.2) is 42.1 Å². The Morgan fingerprint density at radius 1 is 1.13 bits per heavy atom. The second kappa shape index (κ2) is 8.17. The molecule has 0 atom stereocenters. The van der Waals surface area contributed by atoms with E-state index in [-0.39, 0.29) is 31.0 Å². The maximum Gasteiger partial charge on any atom is 0.416 e. The Bertz CT molecular complexity index is 1060. The molecule has 1 aliphatic rings. The molecule has 13 heteroatoms. The summed E-state index contributed by atoms with van der Waals surface area (Å²) in [6.45, 7) is -1.41. The van der Waals surface area contributed by atoms with Gasteiger partial charge in [-0.25, -0.2) is 8.42 Å². The molecule has 2 aromatic rings. The molecule has 1 heterocycles. The zero-order valence-corrected chi connectivity index (χ0v) is 16.6. The lowest BCUT2D eigenvalue weighted by molar-refractivity contribution is -0.142. The Morgan fingerprint density at radius 2 is 1.81 bits per heavy atom. The van der Waals surface area contributed by atoms with Gasteiger partial charge in [0.05, 0.1) is 15.7 Å². The van der Waals surface area contributed by atoms with Gasteiger partial charge in [-0.2, -0.15) is 31.4 Å². The van der Waals surface area contributed by atoms with Gasteiger partial charge in [0.25, 0.3) is 5.91 Å². The van der Waals surface area contributed by atoms with Crippen LogP contribution in [0.25, 0.3) is 0 Å². The van der Waals surface area contributed by atoms with Gasteiger partial charge in [-0.1, -0.05) is 6.07 Å². The second-order valence-corrected chi connectivity index (χ2v) is 9.46. The number of aromatic nitrogens is 2. The number of hydrogen-bond acceptors (Lipinski definition) is 4. The van der Waals surface area contributed by atoms with Crippen molar-refractivity contribution >= 4 is 15.7 Å². The highest BCUT2D eigenvalue weighted by atomic mass is 32.2. The molecule has 1 saturated carbocycles. The second-order valence-electron chi connectivity index (χ2n) is 7.23. The minimum absolute atomic E-state index is 0.0185. The zero-order valence-electron chi connectivity index (χ0n) is 15.7. The first-order valence-electron chi connectivity index (χ1n) is 9.05. The third-order valence-corrected chi connectivity index (χ3v) is 7.12. The number of nitrogens with one attached hydrogen (secondary N) is 1. The lowest BCUT2D eigenvalue weighted by Gasteiger charge is -2.35. The van der Waals surface area contributed by atoms with E-state index in [1.54, 1.807) is 0 Å². The Morgan fingerprint density at radius 3 is 2.42 bits per heavy atom. The summed E-state index contributed by atoms with van der Waals surface area (Å²) in [5, 5.41) is 5.01. The number of sulfone groups is 1. The molecule has 31 heavy (non-hydrogen) atoms. The van der Waals surface area contributed by atoms with Gasteiger partial charge in [0.2, 0.25) is 0 Å². The van der Waals surface area contributed by atoms with Crippen LogP contribution >= 0.6 is 0 Å². The third kappa shape index (κ3) is 5.38. The van der Waals surface area contributed by atoms with Crippen LogP contribution in [0.2, 0.25) is 0 Å². The van der Waals surface area contributed by atoms with Crippen LogP contribution in [0.4, 0.5) is 26.3 Å². The molecule has 0 spiro atoms. The average Bonchev–Trinajstić information content (AvgIpc) is 3.05. The molecule has 170 valence electrons. The number of alkyl halides is 6. The number of halogens is 6. The van der Waals surface area contributed by atoms with E-state index in [9.17, 15) is 39.6 Å². The summed E-state index contributed by atoms with van der Waals surface area (Å²) in [7, 11) is -3.98. The van der Waals surface area contributed by atoms with Crippen LogP contribution in [-0.2, 0) is 22.6 Å². The number of benzene rings is 1. The molecule has 0 radical (unpaired) electrons. The molecule has 1 amide bonds. The molecular formula is C18H17F6N3O3S. The van der Waals surface area contributed by atoms with Gasteiger partial charge in [0.1, 0.15) is 12.2 Å². The molecule has 0 saturated heterocycles. The number of rotatable bonds is 6. The molecule has 0 bridgehead atoms. The van der Waals surface area contributed by atoms with E-state index in [1.165, 1.54) is 0 Å². The van der Waals surface area contributed by atoms with Crippen LogP contribution in [0, 0.1) is 5.92 Å². The lowest BCUT2D eigenvalue weighted by Crippen LogP contribution is -2.42. The Labute approximate surface area is 173 Å². The van der Waals surface area contributed by atoms with E-state index < -0.39 is 50.4 Å². The summed E-state index contributed by atoms with van der Waals surface area (Å²) >= 11 is 0. The summed E-state index contributed by atoms with van der Waals surface area (Å²) in [5.41, 5.74) is -1.35. The number of carbonyl (C=O) groups is 1. The van der Waals surface area contributed by atoms with Gasteiger partial charge in [-0.15, -0.1) is 0 Å². The fourth-order valence-electron chi connectivity index (χ4n) is 3.29. The van der Waals surface area contributed by atoms with Crippen molar-refractivity contribution in [3.63, 3.8) is 0 Å². The van der Waals surface area contributed by atoms with Crippen molar-refractivity contribution in [3.8, 4) is 0 Å². The van der Waals surface area contributed by atoms with E-state index in [2.05, 4.69) is 10.4 Å². The molecule has 3 rings (SSSR count). The highest BCUT2D eigenvalue weighted by molar-refractivity contribution is 7.92. The number of amides is 1. The zero-order chi connectivity index (χ0) is 23.0. The Balaban J connectivity index is 1.56. The van der Waals surface area contributed by atoms with Gasteiger partial charge >= 0.3 is 12.4 Å². The Kier molecular flexibility index (Phi) is 6.09. The maximum absolute atomic E-state index is 12.8. The molecule has 1 aromatic heterocycles. The lowest BCUT2D eigenvalue weighted by atomic mass is 9.85. The summed E-state index contributed by atoms with van der Waals surface area (Å²) in [6.07, 6.45) is -7.94. The smallest absolute Gasteiger partial charge is 0.350 e. The van der Waals surface area contributed by atoms with Crippen LogP contribution in [0.15, 0.2) is 41.4 Å². The molecule has 0 aliphatic heterocycles. The topological polar surface area (TPSA) is 81.1 Å². The van der Waals surface area contributed by atoms with Crippen LogP contribution in [0.3, 0.4) is 0 Å². The van der Waals surface area contributed by atoms with Crippen molar-refractivity contribution in [2.45, 2.75) is 41.9 Å². The molecule has 0 unspecified atom stereocenters. The third-order valence-electron chi connectivity index (χ3n) is 4.95. The molecule has 6 nitrogen and oxygen atoms in total. The predicted molar refractivity (Wildman–Crippen MR) is 95.8 cm³/mol. The van der Waals surface area contributed by atoms with Crippen molar-refractivity contribution in [1.82, 2.24) is 15.1 Å². The van der Waals surface area contributed by atoms with Crippen LogP contribution < -0.4 is 5.32 Å². The van der Waals surface area contributed by atoms with Crippen molar-refractivity contribution in [1.29, 1.82) is 0 Å². The monoisotopic (exact) mass is 469 g/mol. The largest absolute Gasteiger partial charge is 0.416 e. The van der Waals surface area contributed by atoms with Crippen molar-refractivity contribution in [2.24, 2.45) is 5.92 Å². The quantitative estimate of drug-likeness (QED) is 0.658. The molecule has 1 fully saturated rings. The van der Waals surface area contributed by atoms with Gasteiger partial charge in [-0.3, -0.25) is 9.48 Å². The van der Waals surface area contributed by atoms with E-state index in [4.69, 9.17) is 0 Å². The van der Waals surface area contributed by atoms with Crippen LogP contribution in [0.5, 0.6) is 0 Å². The molecular weight excluding hydrogens is 452 g/mol. The van der Waals surface area contributed by atoms with E-state index in [0.29, 0.717) is 10.7 Å². The van der Waals surface area contributed by atoms with E-state index in [1.807, 2.05) is 0 Å². The van der Waals surface area contributed by atoms with Crippen molar-refractivity contribution < 1.29 is 39.6 Å². The van der Waals surface area contributed by atoms with E-state index in [0.717, 1.165) is 30.5 Å². The summed E-state index contributed by atoms with van der Waals surface area (Å²) in [6, 6.07) is 4.62. The number of nitrogens with zero attached hydrogens (tertiary/aromatic N) is 2. The fourth-order valence-corrected chi connectivity index (χ4v) is 5.28. The van der Waals surface area contributed by atoms with Gasteiger partial charge in [-0.05, 0) is 43.0 Å². The number of carbonyl (C=O) groups excluding carboxylic acids is 1. The Hall–Kier alpha value is -2.57. The molecule has 1 N–H and O–H groups in total. The molecule has 1 aromatic carbocycles. The fraction of sp³-hybridized carbons (Fsp3) is 0.444. The predicted octanol–water partition coefficient (Wildman–Crippen LogP) is 3.45. The normalized spacial score (nSPS) is 19.7. The van der Waals surface area contributed by atoms with Gasteiger partial charge < -0.3 is 5.32 Å². The average molecular weight is 469 g/mol. The maximum atomic E-state index is 12.8. The minimum atomic E-state index is -4.67. The molecule has 1 aliphatic carbocycles. The summed E-state index contributed by atoms with van der Waals surface area (Å²) in [4.78, 5) is 11.7.